The molecule has 0 spiro atoms. The first-order valence-corrected chi connectivity index (χ1v) is 7.85. The van der Waals surface area contributed by atoms with Gasteiger partial charge in [-0.1, -0.05) is 13.3 Å². The van der Waals surface area contributed by atoms with Gasteiger partial charge in [-0.2, -0.15) is 5.26 Å². The molecule has 6 nitrogen and oxygen atoms in total. The first-order valence-electron chi connectivity index (χ1n) is 7.85. The number of aromatic nitrogens is 2. The maximum absolute atomic E-state index is 9.21. The lowest BCUT2D eigenvalue weighted by molar-refractivity contribution is 0.438. The zero-order valence-electron chi connectivity index (χ0n) is 13.3. The van der Waals surface area contributed by atoms with Gasteiger partial charge in [0.2, 0.25) is 0 Å². The molecule has 0 saturated heterocycles. The van der Waals surface area contributed by atoms with E-state index in [1.807, 2.05) is 12.3 Å². The molecule has 0 bridgehead atoms. The van der Waals surface area contributed by atoms with Crippen molar-refractivity contribution in [3.8, 4) is 6.07 Å². The minimum atomic E-state index is -0.235. The number of rotatable bonds is 8. The standard InChI is InChI=1S/C17H22N6/c1-2-4-15-16(21-10-9-20-15)11-14(6-7-18)23-17-13(12-19)5-3-8-22-17/h3,5,7-10,14,17-18,22-23H,2,4,6,11H2,1H3. The molecule has 0 aromatic carbocycles. The number of aryl methyl sites for hydroxylation is 1. The summed E-state index contributed by atoms with van der Waals surface area (Å²) in [5.74, 6) is 0. The molecule has 0 amide bonds. The minimum absolute atomic E-state index is 0.0144. The van der Waals surface area contributed by atoms with Crippen molar-refractivity contribution in [3.63, 3.8) is 0 Å². The van der Waals surface area contributed by atoms with Crippen molar-refractivity contribution >= 4 is 6.21 Å². The monoisotopic (exact) mass is 310 g/mol. The van der Waals surface area contributed by atoms with E-state index in [4.69, 9.17) is 5.41 Å². The summed E-state index contributed by atoms with van der Waals surface area (Å²) < 4.78 is 0. The van der Waals surface area contributed by atoms with E-state index in [2.05, 4.69) is 33.6 Å². The minimum Gasteiger partial charge on any atom is -0.371 e. The smallest absolute Gasteiger partial charge is 0.113 e. The molecule has 1 aromatic rings. The first-order chi connectivity index (χ1) is 11.3. The summed E-state index contributed by atoms with van der Waals surface area (Å²) in [6, 6.07) is 2.21. The third-order valence-corrected chi connectivity index (χ3v) is 3.67. The summed E-state index contributed by atoms with van der Waals surface area (Å²) in [5, 5.41) is 23.2. The first kappa shape index (κ1) is 16.8. The van der Waals surface area contributed by atoms with Crippen LogP contribution in [0.15, 0.2) is 36.3 Å². The summed E-state index contributed by atoms with van der Waals surface area (Å²) in [6.45, 7) is 2.12. The van der Waals surface area contributed by atoms with Crippen LogP contribution in [-0.2, 0) is 12.8 Å². The van der Waals surface area contributed by atoms with Gasteiger partial charge in [-0.3, -0.25) is 15.3 Å². The average molecular weight is 310 g/mol. The Bertz CT molecular complexity index is 628. The van der Waals surface area contributed by atoms with Crippen molar-refractivity contribution in [2.45, 2.75) is 44.8 Å². The summed E-state index contributed by atoms with van der Waals surface area (Å²) >= 11 is 0. The zero-order chi connectivity index (χ0) is 16.5. The molecule has 1 aliphatic heterocycles. The van der Waals surface area contributed by atoms with Crippen molar-refractivity contribution in [3.05, 3.63) is 47.7 Å². The van der Waals surface area contributed by atoms with Crippen LogP contribution in [0.3, 0.4) is 0 Å². The average Bonchev–Trinajstić information content (AvgIpc) is 2.57. The van der Waals surface area contributed by atoms with Gasteiger partial charge in [-0.15, -0.1) is 0 Å². The lowest BCUT2D eigenvalue weighted by atomic mass is 10.0. The molecule has 2 rings (SSSR count). The van der Waals surface area contributed by atoms with Gasteiger partial charge < -0.3 is 10.7 Å². The fourth-order valence-electron chi connectivity index (χ4n) is 2.56. The quantitative estimate of drug-likeness (QED) is 0.637. The van der Waals surface area contributed by atoms with Crippen LogP contribution in [0.25, 0.3) is 0 Å². The van der Waals surface area contributed by atoms with E-state index in [-0.39, 0.29) is 12.2 Å². The molecule has 0 aliphatic carbocycles. The van der Waals surface area contributed by atoms with Gasteiger partial charge in [0.25, 0.3) is 0 Å². The SMILES string of the molecule is CCCc1nccnc1CC(CC=N)NC1NC=CC=C1C#N. The van der Waals surface area contributed by atoms with Gasteiger partial charge in [0.05, 0.1) is 23.0 Å². The maximum Gasteiger partial charge on any atom is 0.113 e. The van der Waals surface area contributed by atoms with Gasteiger partial charge in [0, 0.05) is 24.9 Å². The highest BCUT2D eigenvalue weighted by Crippen LogP contribution is 2.12. The Morgan fingerprint density at radius 1 is 1.43 bits per heavy atom. The zero-order valence-corrected chi connectivity index (χ0v) is 13.3. The summed E-state index contributed by atoms with van der Waals surface area (Å²) in [4.78, 5) is 8.88. The summed E-state index contributed by atoms with van der Waals surface area (Å²) in [7, 11) is 0. The second kappa shape index (κ2) is 8.81. The lowest BCUT2D eigenvalue weighted by Gasteiger charge is -2.26. The molecular formula is C17H22N6. The molecule has 0 fully saturated rings. The van der Waals surface area contributed by atoms with Crippen LogP contribution < -0.4 is 10.6 Å². The third-order valence-electron chi connectivity index (χ3n) is 3.67. The van der Waals surface area contributed by atoms with E-state index in [0.717, 1.165) is 24.2 Å². The highest BCUT2D eigenvalue weighted by molar-refractivity contribution is 5.54. The normalized spacial score (nSPS) is 17.7. The van der Waals surface area contributed by atoms with Crippen LogP contribution in [0.5, 0.6) is 0 Å². The fourth-order valence-corrected chi connectivity index (χ4v) is 2.56. The second-order valence-electron chi connectivity index (χ2n) is 5.40. The van der Waals surface area contributed by atoms with Crippen molar-refractivity contribution < 1.29 is 0 Å². The van der Waals surface area contributed by atoms with Crippen LogP contribution in [0.2, 0.25) is 0 Å². The topological polar surface area (TPSA) is 97.5 Å². The van der Waals surface area contributed by atoms with Gasteiger partial charge in [-0.05, 0) is 37.4 Å². The Hall–Kier alpha value is -2.52. The maximum atomic E-state index is 9.21. The molecule has 0 radical (unpaired) electrons. The van der Waals surface area contributed by atoms with Gasteiger partial charge in [0.1, 0.15) is 6.17 Å². The van der Waals surface area contributed by atoms with Gasteiger partial charge in [-0.25, -0.2) is 0 Å². The molecular weight excluding hydrogens is 288 g/mol. The Morgan fingerprint density at radius 2 is 2.22 bits per heavy atom. The number of nitrogens with zero attached hydrogens (tertiary/aromatic N) is 3. The summed E-state index contributed by atoms with van der Waals surface area (Å²) in [6.07, 6.45) is 13.2. The molecule has 1 aromatic heterocycles. The van der Waals surface area contributed by atoms with E-state index in [1.165, 1.54) is 6.21 Å². The number of dihydropyridines is 1. The van der Waals surface area contributed by atoms with Crippen LogP contribution >= 0.6 is 0 Å². The number of hydrogen-bond acceptors (Lipinski definition) is 6. The Labute approximate surface area is 136 Å². The Morgan fingerprint density at radius 3 is 2.91 bits per heavy atom. The van der Waals surface area contributed by atoms with Gasteiger partial charge >= 0.3 is 0 Å². The van der Waals surface area contributed by atoms with E-state index >= 15 is 0 Å². The molecule has 6 heteroatoms. The molecule has 2 atom stereocenters. The molecule has 2 unspecified atom stereocenters. The predicted octanol–water partition coefficient (Wildman–Crippen LogP) is 1.86. The molecule has 3 N–H and O–H groups in total. The van der Waals surface area contributed by atoms with E-state index < -0.39 is 0 Å². The van der Waals surface area contributed by atoms with Crippen LogP contribution in [0, 0.1) is 16.7 Å². The van der Waals surface area contributed by atoms with E-state index in [9.17, 15) is 5.26 Å². The lowest BCUT2D eigenvalue weighted by Crippen LogP contribution is -2.48. The number of nitriles is 1. The van der Waals surface area contributed by atoms with Crippen molar-refractivity contribution in [1.29, 1.82) is 10.7 Å². The van der Waals surface area contributed by atoms with Crippen LogP contribution in [0.4, 0.5) is 0 Å². The number of hydrogen-bond donors (Lipinski definition) is 3. The van der Waals surface area contributed by atoms with E-state index in [0.29, 0.717) is 18.4 Å². The molecule has 23 heavy (non-hydrogen) atoms. The molecule has 120 valence electrons. The predicted molar refractivity (Wildman–Crippen MR) is 89.8 cm³/mol. The van der Waals surface area contributed by atoms with Crippen LogP contribution in [-0.4, -0.2) is 28.4 Å². The van der Waals surface area contributed by atoms with E-state index in [1.54, 1.807) is 18.5 Å². The second-order valence-corrected chi connectivity index (χ2v) is 5.40. The Balaban J connectivity index is 2.10. The summed E-state index contributed by atoms with van der Waals surface area (Å²) in [5.41, 5.74) is 2.61. The molecule has 2 heterocycles. The van der Waals surface area contributed by atoms with Crippen molar-refractivity contribution in [2.24, 2.45) is 0 Å². The number of nitrogens with one attached hydrogen (secondary N) is 3. The third kappa shape index (κ3) is 4.73. The largest absolute Gasteiger partial charge is 0.371 e. The molecule has 1 aliphatic rings. The fraction of sp³-hybridized carbons (Fsp3) is 0.412. The highest BCUT2D eigenvalue weighted by Gasteiger charge is 2.20. The van der Waals surface area contributed by atoms with Crippen molar-refractivity contribution in [1.82, 2.24) is 20.6 Å². The van der Waals surface area contributed by atoms with Gasteiger partial charge in [0.15, 0.2) is 0 Å². The Kier molecular flexibility index (Phi) is 6.45. The van der Waals surface area contributed by atoms with Crippen LogP contribution in [0.1, 0.15) is 31.2 Å². The molecule has 0 saturated carbocycles. The number of allylic oxidation sites excluding steroid dienone is 2. The highest BCUT2D eigenvalue weighted by atomic mass is 15.1. The van der Waals surface area contributed by atoms with Crippen molar-refractivity contribution in [2.75, 3.05) is 0 Å².